The quantitative estimate of drug-likeness (QED) is 0.716. The van der Waals surface area contributed by atoms with Gasteiger partial charge >= 0.3 is 0 Å². The Kier molecular flexibility index (Phi) is 6.38. The van der Waals surface area contributed by atoms with Gasteiger partial charge in [-0.05, 0) is 39.5 Å². The third-order valence-corrected chi connectivity index (χ3v) is 8.44. The average molecular weight is 403 g/mol. The Morgan fingerprint density at radius 1 is 1.30 bits per heavy atom. The topological polar surface area (TPSA) is 119 Å². The first kappa shape index (κ1) is 21.8. The van der Waals surface area contributed by atoms with E-state index in [4.69, 9.17) is 9.26 Å². The van der Waals surface area contributed by atoms with Gasteiger partial charge in [0.05, 0.1) is 23.7 Å². The highest BCUT2D eigenvalue weighted by molar-refractivity contribution is 7.94. The Labute approximate surface area is 160 Å². The molecule has 0 atom stereocenters. The summed E-state index contributed by atoms with van der Waals surface area (Å²) in [7, 11) is -2.08. The number of sulfone groups is 1. The molecule has 1 aromatic heterocycles. The Bertz CT molecular complexity index is 761. The van der Waals surface area contributed by atoms with Crippen molar-refractivity contribution in [2.45, 2.75) is 74.9 Å². The smallest absolute Gasteiger partial charge is 0.247 e. The van der Waals surface area contributed by atoms with Gasteiger partial charge in [0, 0.05) is 18.6 Å². The largest absolute Gasteiger partial charge is 0.395 e. The number of carbonyl (C=O) groups is 1. The fraction of sp³-hybridized carbons (Fsp3) is 0.778. The number of aliphatic hydroxyl groups excluding tert-OH is 1. The van der Waals surface area contributed by atoms with E-state index in [1.807, 2.05) is 0 Å². The molecular formula is C18H30N2O6S. The van der Waals surface area contributed by atoms with Crippen molar-refractivity contribution in [3.05, 3.63) is 11.8 Å². The predicted molar refractivity (Wildman–Crippen MR) is 101 cm³/mol. The van der Waals surface area contributed by atoms with Crippen LogP contribution in [0.25, 0.3) is 0 Å². The molecule has 1 amide bonds. The summed E-state index contributed by atoms with van der Waals surface area (Å²) >= 11 is 0. The number of hydrogen-bond acceptors (Lipinski definition) is 7. The van der Waals surface area contributed by atoms with E-state index >= 15 is 0 Å². The van der Waals surface area contributed by atoms with Gasteiger partial charge in [0.1, 0.15) is 4.75 Å². The molecule has 0 radical (unpaired) electrons. The molecule has 2 rings (SSSR count). The first-order valence-corrected chi connectivity index (χ1v) is 10.7. The normalized spacial score (nSPS) is 21.9. The van der Waals surface area contributed by atoms with Gasteiger partial charge in [0.15, 0.2) is 9.84 Å². The van der Waals surface area contributed by atoms with Crippen LogP contribution in [0.2, 0.25) is 0 Å². The molecule has 1 aliphatic rings. The summed E-state index contributed by atoms with van der Waals surface area (Å²) < 4.78 is 34.9. The Morgan fingerprint density at radius 2 is 1.89 bits per heavy atom. The second-order valence-electron chi connectivity index (χ2n) is 8.26. The van der Waals surface area contributed by atoms with Crippen molar-refractivity contribution in [1.82, 2.24) is 5.16 Å². The van der Waals surface area contributed by atoms with Gasteiger partial charge in [0.25, 0.3) is 0 Å². The molecule has 27 heavy (non-hydrogen) atoms. The van der Waals surface area contributed by atoms with Crippen LogP contribution < -0.4 is 5.32 Å². The lowest BCUT2D eigenvalue weighted by Gasteiger charge is -2.33. The van der Waals surface area contributed by atoms with Crippen LogP contribution in [0, 0.1) is 0 Å². The Balaban J connectivity index is 2.12. The molecule has 0 aromatic carbocycles. The molecule has 8 nitrogen and oxygen atoms in total. The minimum Gasteiger partial charge on any atom is -0.395 e. The molecule has 1 aliphatic carbocycles. The van der Waals surface area contributed by atoms with E-state index in [9.17, 15) is 18.3 Å². The van der Waals surface area contributed by atoms with E-state index < -0.39 is 31.2 Å². The number of nitrogens with one attached hydrogen (secondary N) is 1. The van der Waals surface area contributed by atoms with Crippen LogP contribution in [0.5, 0.6) is 0 Å². The highest BCUT2D eigenvalue weighted by Crippen LogP contribution is 2.33. The lowest BCUT2D eigenvalue weighted by molar-refractivity contribution is -0.118. The van der Waals surface area contributed by atoms with Gasteiger partial charge < -0.3 is 14.4 Å². The van der Waals surface area contributed by atoms with E-state index in [0.717, 1.165) is 0 Å². The number of nitrogens with zero attached hydrogens (tertiary/aromatic N) is 1. The maximum Gasteiger partial charge on any atom is 0.247 e. The monoisotopic (exact) mass is 402 g/mol. The van der Waals surface area contributed by atoms with E-state index in [2.05, 4.69) is 10.5 Å². The lowest BCUT2D eigenvalue weighted by atomic mass is 9.91. The number of hydrogen-bond donors (Lipinski definition) is 2. The molecule has 0 aliphatic heterocycles. The number of methoxy groups -OCH3 is 1. The number of ether oxygens (including phenoxy) is 1. The molecule has 154 valence electrons. The van der Waals surface area contributed by atoms with Crippen LogP contribution >= 0.6 is 0 Å². The van der Waals surface area contributed by atoms with Crippen molar-refractivity contribution in [3.8, 4) is 0 Å². The molecule has 1 fully saturated rings. The number of aromatic nitrogens is 1. The van der Waals surface area contributed by atoms with E-state index in [1.165, 1.54) is 19.9 Å². The molecule has 2 N–H and O–H groups in total. The standard InChI is InChI=1S/C18H30N2O6S/c1-17(2,11-21)14-10-15(26-20-14)19-16(22)18(3,4)27(23,24)13-8-6-12(25-5)7-9-13/h10,12-13,21H,6-9,11H2,1-5H3,(H,19,22)/t12-,13-. The summed E-state index contributed by atoms with van der Waals surface area (Å²) in [5.41, 5.74) is -0.160. The molecule has 1 saturated carbocycles. The fourth-order valence-corrected chi connectivity index (χ4v) is 5.16. The van der Waals surface area contributed by atoms with Crippen molar-refractivity contribution in [3.63, 3.8) is 0 Å². The van der Waals surface area contributed by atoms with Crippen LogP contribution in [0.3, 0.4) is 0 Å². The molecule has 9 heteroatoms. The van der Waals surface area contributed by atoms with Crippen LogP contribution in [-0.2, 0) is 24.8 Å². The molecule has 0 bridgehead atoms. The number of rotatable bonds is 7. The minimum absolute atomic E-state index is 0.0582. The van der Waals surface area contributed by atoms with Gasteiger partial charge in [-0.15, -0.1) is 0 Å². The number of carbonyl (C=O) groups excluding carboxylic acids is 1. The summed E-state index contributed by atoms with van der Waals surface area (Å²) in [6, 6.07) is 1.50. The molecular weight excluding hydrogens is 372 g/mol. The molecule has 1 aromatic rings. The van der Waals surface area contributed by atoms with Crippen molar-refractivity contribution < 1.29 is 27.6 Å². The van der Waals surface area contributed by atoms with Crippen LogP contribution in [0.4, 0.5) is 5.88 Å². The average Bonchev–Trinajstić information content (AvgIpc) is 3.10. The van der Waals surface area contributed by atoms with Crippen molar-refractivity contribution in [2.24, 2.45) is 0 Å². The SMILES string of the molecule is CO[C@H]1CC[C@H](S(=O)(=O)C(C)(C)C(=O)Nc2cc(C(C)(C)CO)no2)CC1. The van der Waals surface area contributed by atoms with Gasteiger partial charge in [-0.1, -0.05) is 19.0 Å². The van der Waals surface area contributed by atoms with Crippen molar-refractivity contribution in [2.75, 3.05) is 19.0 Å². The van der Waals surface area contributed by atoms with Gasteiger partial charge in [-0.25, -0.2) is 8.42 Å². The predicted octanol–water partition coefficient (Wildman–Crippen LogP) is 2.03. The summed E-state index contributed by atoms with van der Waals surface area (Å²) in [4.78, 5) is 12.7. The first-order chi connectivity index (χ1) is 12.5. The number of anilines is 1. The maximum atomic E-state index is 13.1. The summed E-state index contributed by atoms with van der Waals surface area (Å²) in [6.07, 6.45) is 2.37. The highest BCUT2D eigenvalue weighted by Gasteiger charge is 2.47. The lowest BCUT2D eigenvalue weighted by Crippen LogP contribution is -2.49. The third kappa shape index (κ3) is 4.35. The second-order valence-corrected chi connectivity index (χ2v) is 11.0. The summed E-state index contributed by atoms with van der Waals surface area (Å²) in [5.74, 6) is -0.608. The van der Waals surface area contributed by atoms with E-state index in [-0.39, 0.29) is 18.6 Å². The number of amides is 1. The maximum absolute atomic E-state index is 13.1. The molecule has 1 heterocycles. The minimum atomic E-state index is -3.71. The van der Waals surface area contributed by atoms with Crippen LogP contribution in [0.15, 0.2) is 10.6 Å². The first-order valence-electron chi connectivity index (χ1n) is 9.11. The Hall–Kier alpha value is -1.45. The second kappa shape index (κ2) is 7.89. The zero-order valence-corrected chi connectivity index (χ0v) is 17.4. The van der Waals surface area contributed by atoms with Gasteiger partial charge in [0.2, 0.25) is 11.8 Å². The fourth-order valence-electron chi connectivity index (χ4n) is 3.12. The third-order valence-electron chi connectivity index (χ3n) is 5.49. The van der Waals surface area contributed by atoms with Gasteiger partial charge in [-0.2, -0.15) is 0 Å². The zero-order valence-electron chi connectivity index (χ0n) is 16.6. The summed E-state index contributed by atoms with van der Waals surface area (Å²) in [6.45, 7) is 6.24. The zero-order chi connectivity index (χ0) is 20.5. The van der Waals surface area contributed by atoms with Crippen molar-refractivity contribution in [1.29, 1.82) is 0 Å². The molecule has 0 spiro atoms. The molecule has 0 saturated heterocycles. The van der Waals surface area contributed by atoms with E-state index in [1.54, 1.807) is 21.0 Å². The van der Waals surface area contributed by atoms with Crippen LogP contribution in [-0.4, -0.2) is 54.4 Å². The Morgan fingerprint density at radius 3 is 2.41 bits per heavy atom. The summed E-state index contributed by atoms with van der Waals surface area (Å²) in [5, 5.41) is 15.2. The van der Waals surface area contributed by atoms with E-state index in [0.29, 0.717) is 31.4 Å². The van der Waals surface area contributed by atoms with Crippen molar-refractivity contribution >= 4 is 21.6 Å². The van der Waals surface area contributed by atoms with Gasteiger partial charge in [-0.3, -0.25) is 10.1 Å². The molecule has 0 unspecified atom stereocenters. The number of aliphatic hydroxyl groups is 1. The van der Waals surface area contributed by atoms with Crippen LogP contribution in [0.1, 0.15) is 59.1 Å². The highest BCUT2D eigenvalue weighted by atomic mass is 32.2.